The molecule has 0 heterocycles. The third kappa shape index (κ3) is 27.7. The Labute approximate surface area is 293 Å². The van der Waals surface area contributed by atoms with Gasteiger partial charge < -0.3 is 28.7 Å². The summed E-state index contributed by atoms with van der Waals surface area (Å²) >= 11 is 0. The molecule has 0 spiro atoms. The minimum atomic E-state index is -0.303. The third-order valence-electron chi connectivity index (χ3n) is 8.81. The highest BCUT2D eigenvalue weighted by Crippen LogP contribution is 2.13. The molecule has 0 saturated heterocycles. The Balaban J connectivity index is 3.77. The van der Waals surface area contributed by atoms with Crippen LogP contribution in [0, 0.1) is 0 Å². The summed E-state index contributed by atoms with van der Waals surface area (Å²) in [7, 11) is 3.64. The lowest BCUT2D eigenvalue weighted by atomic mass is 10.1. The van der Waals surface area contributed by atoms with Crippen LogP contribution in [0.3, 0.4) is 0 Å². The lowest BCUT2D eigenvalue weighted by Crippen LogP contribution is -2.37. The van der Waals surface area contributed by atoms with E-state index in [0.717, 1.165) is 77.3 Å². The molecule has 282 valence electrons. The second-order valence-corrected chi connectivity index (χ2v) is 13.1. The van der Waals surface area contributed by atoms with Gasteiger partial charge in [0.05, 0.1) is 25.4 Å². The van der Waals surface area contributed by atoms with Crippen molar-refractivity contribution in [1.29, 1.82) is 0 Å². The highest BCUT2D eigenvalue weighted by Gasteiger charge is 2.19. The van der Waals surface area contributed by atoms with E-state index in [9.17, 15) is 19.2 Å². The molecule has 0 radical (unpaired) electrons. The predicted octanol–water partition coefficient (Wildman–Crippen LogP) is 7.64. The van der Waals surface area contributed by atoms with Crippen LogP contribution >= 0.6 is 0 Å². The first kappa shape index (κ1) is 45.8. The van der Waals surface area contributed by atoms with Gasteiger partial charge in [-0.3, -0.25) is 19.2 Å². The minimum absolute atomic E-state index is 0.00483. The van der Waals surface area contributed by atoms with Gasteiger partial charge >= 0.3 is 11.9 Å². The maximum absolute atomic E-state index is 12.5. The highest BCUT2D eigenvalue weighted by atomic mass is 16.5. The molecule has 0 aliphatic carbocycles. The number of likely N-dealkylation sites (N-methyl/N-ethyl adjacent to an activating group) is 2. The lowest BCUT2D eigenvalue weighted by Gasteiger charge is -2.24. The summed E-state index contributed by atoms with van der Waals surface area (Å²) in [4.78, 5) is 51.2. The van der Waals surface area contributed by atoms with Crippen molar-refractivity contribution in [3.8, 4) is 0 Å². The van der Waals surface area contributed by atoms with E-state index >= 15 is 0 Å². The average molecular weight is 685 g/mol. The van der Waals surface area contributed by atoms with Crippen molar-refractivity contribution in [2.45, 2.75) is 168 Å². The number of hydrogen-bond donors (Lipinski definition) is 0. The molecule has 0 saturated carbocycles. The van der Waals surface area contributed by atoms with Gasteiger partial charge in [-0.05, 0) is 53.4 Å². The topological polar surface area (TPSA) is 112 Å². The molecular formula is C38H72N2O8. The molecule has 10 nitrogen and oxygen atoms in total. The van der Waals surface area contributed by atoms with Gasteiger partial charge in [-0.15, -0.1) is 0 Å². The van der Waals surface area contributed by atoms with Crippen LogP contribution in [0.25, 0.3) is 0 Å². The number of amides is 2. The van der Waals surface area contributed by atoms with E-state index in [4.69, 9.17) is 18.9 Å². The Hall–Kier alpha value is -2.20. The zero-order valence-corrected chi connectivity index (χ0v) is 31.7. The maximum Gasteiger partial charge on any atom is 0.305 e. The first-order valence-corrected chi connectivity index (χ1v) is 19.1. The van der Waals surface area contributed by atoms with Crippen molar-refractivity contribution in [1.82, 2.24) is 9.80 Å². The summed E-state index contributed by atoms with van der Waals surface area (Å²) < 4.78 is 21.5. The van der Waals surface area contributed by atoms with E-state index in [0.29, 0.717) is 26.1 Å². The molecule has 0 aromatic heterocycles. The summed E-state index contributed by atoms with van der Waals surface area (Å²) in [5.41, 5.74) is 0. The van der Waals surface area contributed by atoms with E-state index in [1.165, 1.54) is 51.4 Å². The summed E-state index contributed by atoms with van der Waals surface area (Å²) in [6.45, 7) is 9.78. The molecule has 1 unspecified atom stereocenters. The molecule has 0 aliphatic rings. The highest BCUT2D eigenvalue weighted by molar-refractivity contribution is 5.77. The molecule has 0 bridgehead atoms. The number of unbranched alkanes of at least 4 members (excludes halogenated alkanes) is 16. The quantitative estimate of drug-likeness (QED) is 0.0512. The number of carbonyl (C=O) groups excluding carboxylic acids is 4. The van der Waals surface area contributed by atoms with E-state index in [1.807, 2.05) is 41.8 Å². The second-order valence-electron chi connectivity index (χ2n) is 13.1. The molecule has 48 heavy (non-hydrogen) atoms. The standard InChI is InChI=1S/C38H72N2O8/c1-7-45-37(43)27-23-19-15-11-9-13-17-21-25-29-39(5)35(41)31-47-33(3)34(4)48-32-36(42)40(6)30-26-22-18-14-10-12-16-20-24-28-38(44)46-8-2/h33-34H,7-32H2,1-6H3/t33-,34?/m1/s1. The van der Waals surface area contributed by atoms with Gasteiger partial charge in [-0.25, -0.2) is 0 Å². The molecule has 0 N–H and O–H groups in total. The van der Waals surface area contributed by atoms with Gasteiger partial charge in [0.2, 0.25) is 11.8 Å². The van der Waals surface area contributed by atoms with Crippen LogP contribution in [-0.2, 0) is 38.1 Å². The fraction of sp³-hybridized carbons (Fsp3) is 0.895. The van der Waals surface area contributed by atoms with Gasteiger partial charge in [-0.1, -0.05) is 89.9 Å². The van der Waals surface area contributed by atoms with Crippen molar-refractivity contribution < 1.29 is 38.1 Å². The van der Waals surface area contributed by atoms with Crippen LogP contribution in [0.5, 0.6) is 0 Å². The van der Waals surface area contributed by atoms with Crippen molar-refractivity contribution in [3.63, 3.8) is 0 Å². The van der Waals surface area contributed by atoms with Gasteiger partial charge in [0, 0.05) is 40.0 Å². The molecular weight excluding hydrogens is 612 g/mol. The SMILES string of the molecule is CCOC(=O)CCCCCCCCCCCN(C)C(=O)COC(C)[C@@H](C)OCC(=O)N(C)CCCCCCCCCCCC(=O)OCC. The lowest BCUT2D eigenvalue weighted by molar-refractivity contribution is -0.145. The molecule has 2 amide bonds. The fourth-order valence-corrected chi connectivity index (χ4v) is 5.32. The van der Waals surface area contributed by atoms with Crippen molar-refractivity contribution in [2.75, 3.05) is 53.6 Å². The van der Waals surface area contributed by atoms with Gasteiger partial charge in [0.25, 0.3) is 0 Å². The van der Waals surface area contributed by atoms with Gasteiger partial charge in [0.1, 0.15) is 13.2 Å². The maximum atomic E-state index is 12.5. The summed E-state index contributed by atoms with van der Waals surface area (Å²) in [6.07, 6.45) is 20.5. The van der Waals surface area contributed by atoms with Gasteiger partial charge in [0.15, 0.2) is 0 Å². The van der Waals surface area contributed by atoms with Crippen LogP contribution in [-0.4, -0.2) is 99.4 Å². The summed E-state index contributed by atoms with van der Waals surface area (Å²) in [5, 5.41) is 0. The second kappa shape index (κ2) is 32.0. The zero-order valence-electron chi connectivity index (χ0n) is 31.7. The third-order valence-corrected chi connectivity index (χ3v) is 8.81. The van der Waals surface area contributed by atoms with Crippen LogP contribution in [0.4, 0.5) is 0 Å². The first-order chi connectivity index (χ1) is 23.1. The van der Waals surface area contributed by atoms with E-state index in [-0.39, 0.29) is 49.2 Å². The number of carbonyl (C=O) groups is 4. The number of nitrogens with zero attached hydrogens (tertiary/aromatic N) is 2. The van der Waals surface area contributed by atoms with Crippen molar-refractivity contribution >= 4 is 23.8 Å². The number of esters is 2. The molecule has 0 aromatic rings. The van der Waals surface area contributed by atoms with Crippen molar-refractivity contribution in [2.24, 2.45) is 0 Å². The van der Waals surface area contributed by atoms with E-state index in [1.54, 1.807) is 9.80 Å². The van der Waals surface area contributed by atoms with Crippen LogP contribution in [0.15, 0.2) is 0 Å². The Morgan fingerprint density at radius 2 is 0.729 bits per heavy atom. The monoisotopic (exact) mass is 685 g/mol. The Morgan fingerprint density at radius 3 is 1.02 bits per heavy atom. The molecule has 10 heteroatoms. The average Bonchev–Trinajstić information content (AvgIpc) is 3.06. The zero-order chi connectivity index (χ0) is 35.8. The smallest absolute Gasteiger partial charge is 0.305 e. The molecule has 0 fully saturated rings. The normalized spacial score (nSPS) is 12.4. The first-order valence-electron chi connectivity index (χ1n) is 19.1. The molecule has 2 atom stereocenters. The summed E-state index contributed by atoms with van der Waals surface area (Å²) in [6, 6.07) is 0. The Morgan fingerprint density at radius 1 is 0.458 bits per heavy atom. The van der Waals surface area contributed by atoms with E-state index < -0.39 is 0 Å². The fourth-order valence-electron chi connectivity index (χ4n) is 5.32. The van der Waals surface area contributed by atoms with Crippen molar-refractivity contribution in [3.05, 3.63) is 0 Å². The molecule has 0 aliphatic heterocycles. The number of ether oxygens (including phenoxy) is 4. The summed E-state index contributed by atoms with van der Waals surface area (Å²) in [5.74, 6) is -0.260. The minimum Gasteiger partial charge on any atom is -0.466 e. The Kier molecular flexibility index (Phi) is 30.6. The largest absolute Gasteiger partial charge is 0.466 e. The molecule has 0 rings (SSSR count). The number of hydrogen-bond acceptors (Lipinski definition) is 8. The van der Waals surface area contributed by atoms with Crippen LogP contribution in [0.2, 0.25) is 0 Å². The number of rotatable bonds is 33. The van der Waals surface area contributed by atoms with Gasteiger partial charge in [-0.2, -0.15) is 0 Å². The van der Waals surface area contributed by atoms with E-state index in [2.05, 4.69) is 0 Å². The predicted molar refractivity (Wildman–Crippen MR) is 192 cm³/mol. The molecule has 0 aromatic carbocycles. The van der Waals surface area contributed by atoms with Crippen LogP contribution in [0.1, 0.15) is 156 Å². The van der Waals surface area contributed by atoms with Crippen LogP contribution < -0.4 is 0 Å². The Bertz CT molecular complexity index is 759.